The predicted octanol–water partition coefficient (Wildman–Crippen LogP) is 1.01. The van der Waals surface area contributed by atoms with Gasteiger partial charge in [0.2, 0.25) is 5.91 Å². The first-order valence-electron chi connectivity index (χ1n) is 7.48. The highest BCUT2D eigenvalue weighted by atomic mass is 16.2. The summed E-state index contributed by atoms with van der Waals surface area (Å²) >= 11 is 0. The number of carbonyl (C=O) groups excluding carboxylic acids is 1. The molecule has 1 fully saturated rings. The van der Waals surface area contributed by atoms with Crippen molar-refractivity contribution in [3.05, 3.63) is 35.9 Å². The number of carbonyl (C=O) groups is 1. The monoisotopic (exact) mass is 275 g/mol. The molecule has 2 rings (SSSR count). The number of likely N-dealkylation sites (tertiary alicyclic amines) is 1. The van der Waals surface area contributed by atoms with Gasteiger partial charge >= 0.3 is 0 Å². The van der Waals surface area contributed by atoms with Crippen molar-refractivity contribution in [2.45, 2.75) is 25.8 Å². The normalized spacial score (nSPS) is 20.8. The summed E-state index contributed by atoms with van der Waals surface area (Å²) < 4.78 is 0. The van der Waals surface area contributed by atoms with E-state index in [2.05, 4.69) is 17.1 Å². The van der Waals surface area contributed by atoms with Gasteiger partial charge < -0.3 is 16.0 Å². The van der Waals surface area contributed by atoms with Gasteiger partial charge in [0.05, 0.1) is 6.04 Å². The smallest absolute Gasteiger partial charge is 0.237 e. The van der Waals surface area contributed by atoms with E-state index in [4.69, 9.17) is 5.73 Å². The van der Waals surface area contributed by atoms with Gasteiger partial charge in [-0.1, -0.05) is 37.3 Å². The van der Waals surface area contributed by atoms with Crippen LogP contribution in [0.1, 0.15) is 18.9 Å². The number of nitrogens with two attached hydrogens (primary N) is 1. The van der Waals surface area contributed by atoms with Crippen molar-refractivity contribution in [1.82, 2.24) is 10.2 Å². The van der Waals surface area contributed by atoms with Gasteiger partial charge in [-0.3, -0.25) is 4.79 Å². The van der Waals surface area contributed by atoms with Gasteiger partial charge in [-0.2, -0.15) is 0 Å². The lowest BCUT2D eigenvalue weighted by atomic mass is 10.1. The zero-order chi connectivity index (χ0) is 14.4. The molecule has 1 amide bonds. The predicted molar refractivity (Wildman–Crippen MR) is 81.4 cm³/mol. The van der Waals surface area contributed by atoms with Crippen molar-refractivity contribution in [1.29, 1.82) is 0 Å². The van der Waals surface area contributed by atoms with E-state index in [1.54, 1.807) is 0 Å². The fourth-order valence-electron chi connectivity index (χ4n) is 2.70. The summed E-state index contributed by atoms with van der Waals surface area (Å²) in [5.74, 6) is 0.534. The third-order valence-electron chi connectivity index (χ3n) is 4.02. The van der Waals surface area contributed by atoms with Crippen LogP contribution in [0.3, 0.4) is 0 Å². The number of hydrogen-bond donors (Lipinski definition) is 2. The van der Waals surface area contributed by atoms with Gasteiger partial charge in [0.15, 0.2) is 0 Å². The van der Waals surface area contributed by atoms with Gasteiger partial charge in [0.1, 0.15) is 0 Å². The zero-order valence-electron chi connectivity index (χ0n) is 12.2. The lowest BCUT2D eigenvalue weighted by Gasteiger charge is -2.16. The highest BCUT2D eigenvalue weighted by Gasteiger charge is 2.22. The average Bonchev–Trinajstić information content (AvgIpc) is 2.93. The molecule has 4 nitrogen and oxygen atoms in total. The second-order valence-electron chi connectivity index (χ2n) is 5.59. The maximum atomic E-state index is 12.0. The fraction of sp³-hybridized carbons (Fsp3) is 0.562. The van der Waals surface area contributed by atoms with Crippen LogP contribution in [0, 0.1) is 5.92 Å². The van der Waals surface area contributed by atoms with E-state index >= 15 is 0 Å². The number of nitrogens with one attached hydrogen (secondary N) is 1. The summed E-state index contributed by atoms with van der Waals surface area (Å²) in [5.41, 5.74) is 7.07. The number of amides is 1. The molecule has 110 valence electrons. The van der Waals surface area contributed by atoms with Gasteiger partial charge in [0.25, 0.3) is 0 Å². The van der Waals surface area contributed by atoms with Crippen molar-refractivity contribution in [2.24, 2.45) is 11.7 Å². The number of benzene rings is 1. The van der Waals surface area contributed by atoms with Crippen molar-refractivity contribution in [3.8, 4) is 0 Å². The minimum absolute atomic E-state index is 0.0381. The van der Waals surface area contributed by atoms with Gasteiger partial charge in [-0.25, -0.2) is 0 Å². The molecule has 1 aromatic rings. The van der Waals surface area contributed by atoms with Crippen molar-refractivity contribution < 1.29 is 4.79 Å². The molecule has 1 unspecified atom stereocenters. The molecule has 1 saturated heterocycles. The van der Waals surface area contributed by atoms with E-state index in [9.17, 15) is 4.79 Å². The Hall–Kier alpha value is -1.39. The Morgan fingerprint density at radius 2 is 2.20 bits per heavy atom. The summed E-state index contributed by atoms with van der Waals surface area (Å²) in [6, 6.07) is 9.46. The van der Waals surface area contributed by atoms with Gasteiger partial charge in [0, 0.05) is 13.1 Å². The number of hydrogen-bond acceptors (Lipinski definition) is 3. The van der Waals surface area contributed by atoms with E-state index in [1.807, 2.05) is 30.3 Å². The van der Waals surface area contributed by atoms with E-state index < -0.39 is 6.04 Å². The standard InChI is InChI=1S/C16H25N3O/c1-2-19-9-8-14(12-19)11-18-16(20)15(17)10-13-6-4-3-5-7-13/h3-7,14-15H,2,8-12,17H2,1H3,(H,18,20)/t14?,15-/m0/s1. The summed E-state index contributed by atoms with van der Waals surface area (Å²) in [4.78, 5) is 14.4. The molecule has 2 atom stereocenters. The Kier molecular flexibility index (Phi) is 5.56. The third-order valence-corrected chi connectivity index (χ3v) is 4.02. The SMILES string of the molecule is CCN1CCC(CNC(=O)[C@@H](N)Cc2ccccc2)C1. The molecule has 0 aliphatic carbocycles. The molecule has 0 saturated carbocycles. The first kappa shape index (κ1) is 15.0. The number of nitrogens with zero attached hydrogens (tertiary/aromatic N) is 1. The lowest BCUT2D eigenvalue weighted by molar-refractivity contribution is -0.122. The largest absolute Gasteiger partial charge is 0.354 e. The summed E-state index contributed by atoms with van der Waals surface area (Å²) in [6.07, 6.45) is 1.76. The van der Waals surface area contributed by atoms with Crippen LogP contribution in [-0.4, -0.2) is 43.0 Å². The highest BCUT2D eigenvalue weighted by molar-refractivity contribution is 5.81. The number of rotatable bonds is 6. The van der Waals surface area contributed by atoms with Crippen LogP contribution in [-0.2, 0) is 11.2 Å². The second-order valence-corrected chi connectivity index (χ2v) is 5.59. The molecule has 1 heterocycles. The van der Waals surface area contributed by atoms with E-state index in [-0.39, 0.29) is 5.91 Å². The van der Waals surface area contributed by atoms with Crippen LogP contribution in [0.2, 0.25) is 0 Å². The summed E-state index contributed by atoms with van der Waals surface area (Å²) in [6.45, 7) is 6.25. The van der Waals surface area contributed by atoms with Gasteiger partial charge in [-0.15, -0.1) is 0 Å². The molecule has 3 N–H and O–H groups in total. The molecule has 1 aliphatic rings. The molecule has 1 aromatic carbocycles. The van der Waals surface area contributed by atoms with Crippen LogP contribution in [0.5, 0.6) is 0 Å². The summed E-state index contributed by atoms with van der Waals surface area (Å²) in [7, 11) is 0. The van der Waals surface area contributed by atoms with Gasteiger partial charge in [-0.05, 0) is 37.4 Å². The molecular formula is C16H25N3O. The molecule has 0 aromatic heterocycles. The minimum atomic E-state index is -0.457. The van der Waals surface area contributed by atoms with Crippen molar-refractivity contribution >= 4 is 5.91 Å². The Morgan fingerprint density at radius 1 is 1.45 bits per heavy atom. The summed E-state index contributed by atoms with van der Waals surface area (Å²) in [5, 5.41) is 3.00. The Morgan fingerprint density at radius 3 is 2.85 bits per heavy atom. The highest BCUT2D eigenvalue weighted by Crippen LogP contribution is 2.14. The van der Waals surface area contributed by atoms with Crippen LogP contribution in [0.25, 0.3) is 0 Å². The van der Waals surface area contributed by atoms with E-state index in [1.165, 1.54) is 6.42 Å². The maximum absolute atomic E-state index is 12.0. The quantitative estimate of drug-likeness (QED) is 0.815. The van der Waals surface area contributed by atoms with Crippen molar-refractivity contribution in [3.63, 3.8) is 0 Å². The Balaban J connectivity index is 1.72. The maximum Gasteiger partial charge on any atom is 0.237 e. The third kappa shape index (κ3) is 4.32. The van der Waals surface area contributed by atoms with Crippen LogP contribution < -0.4 is 11.1 Å². The molecule has 20 heavy (non-hydrogen) atoms. The first-order valence-corrected chi connectivity index (χ1v) is 7.48. The van der Waals surface area contributed by atoms with Crippen LogP contribution >= 0.6 is 0 Å². The molecule has 4 heteroatoms. The molecular weight excluding hydrogens is 250 g/mol. The molecule has 0 bridgehead atoms. The fourth-order valence-corrected chi connectivity index (χ4v) is 2.70. The second kappa shape index (κ2) is 7.41. The van der Waals surface area contributed by atoms with E-state index in [0.717, 1.165) is 31.7 Å². The zero-order valence-corrected chi connectivity index (χ0v) is 12.2. The molecule has 0 radical (unpaired) electrons. The topological polar surface area (TPSA) is 58.4 Å². The average molecular weight is 275 g/mol. The van der Waals surface area contributed by atoms with Crippen molar-refractivity contribution in [2.75, 3.05) is 26.2 Å². The first-order chi connectivity index (χ1) is 9.69. The molecule has 1 aliphatic heterocycles. The van der Waals surface area contributed by atoms with Crippen LogP contribution in [0.15, 0.2) is 30.3 Å². The minimum Gasteiger partial charge on any atom is -0.354 e. The van der Waals surface area contributed by atoms with E-state index in [0.29, 0.717) is 12.3 Å². The Labute approximate surface area is 121 Å². The lowest BCUT2D eigenvalue weighted by Crippen LogP contribution is -2.43. The van der Waals surface area contributed by atoms with Crippen LogP contribution in [0.4, 0.5) is 0 Å². The Bertz CT molecular complexity index is 421. The molecule has 0 spiro atoms.